The van der Waals surface area contributed by atoms with Crippen molar-refractivity contribution in [1.29, 1.82) is 0 Å². The molecule has 2 heterocycles. The first-order valence-corrected chi connectivity index (χ1v) is 6.55. The molecule has 20 heavy (non-hydrogen) atoms. The lowest BCUT2D eigenvalue weighted by Crippen LogP contribution is -2.10. The Hall–Kier alpha value is -2.34. The Kier molecular flexibility index (Phi) is 3.15. The van der Waals surface area contributed by atoms with Gasteiger partial charge in [0.1, 0.15) is 11.9 Å². The van der Waals surface area contributed by atoms with Crippen LogP contribution in [0.2, 0.25) is 0 Å². The summed E-state index contributed by atoms with van der Waals surface area (Å²) in [5, 5.41) is 0. The Bertz CT molecular complexity index is 620. The zero-order valence-electron chi connectivity index (χ0n) is 11.0. The number of aromatic nitrogens is 2. The number of rotatable bonds is 2. The molecule has 1 aliphatic rings. The SMILES string of the molecule is Nc1ccc(-c2c(N)nc(N)nc2C2CCCO2)cc1. The van der Waals surface area contributed by atoms with Gasteiger partial charge in [-0.25, -0.2) is 4.98 Å². The molecule has 104 valence electrons. The van der Waals surface area contributed by atoms with Crippen molar-refractivity contribution in [2.24, 2.45) is 0 Å². The molecule has 1 saturated heterocycles. The number of benzene rings is 1. The summed E-state index contributed by atoms with van der Waals surface area (Å²) in [5.74, 6) is 0.542. The van der Waals surface area contributed by atoms with Crippen molar-refractivity contribution >= 4 is 17.5 Å². The molecule has 6 heteroatoms. The summed E-state index contributed by atoms with van der Waals surface area (Å²) < 4.78 is 5.71. The van der Waals surface area contributed by atoms with Crippen molar-refractivity contribution < 1.29 is 4.74 Å². The van der Waals surface area contributed by atoms with Gasteiger partial charge in [-0.3, -0.25) is 0 Å². The third-order valence-electron chi connectivity index (χ3n) is 3.42. The summed E-state index contributed by atoms with van der Waals surface area (Å²) in [7, 11) is 0. The topological polar surface area (TPSA) is 113 Å². The van der Waals surface area contributed by atoms with Gasteiger partial charge in [-0.2, -0.15) is 4.98 Å². The van der Waals surface area contributed by atoms with Gasteiger partial charge in [0.25, 0.3) is 0 Å². The molecule has 2 aromatic rings. The lowest BCUT2D eigenvalue weighted by atomic mass is 10.00. The second-order valence-corrected chi connectivity index (χ2v) is 4.85. The van der Waals surface area contributed by atoms with Crippen LogP contribution in [-0.2, 0) is 4.74 Å². The maximum Gasteiger partial charge on any atom is 0.222 e. The van der Waals surface area contributed by atoms with Gasteiger partial charge in [0.15, 0.2) is 0 Å². The van der Waals surface area contributed by atoms with Gasteiger partial charge in [-0.05, 0) is 30.5 Å². The van der Waals surface area contributed by atoms with Crippen LogP contribution in [-0.4, -0.2) is 16.6 Å². The summed E-state index contributed by atoms with van der Waals surface area (Å²) >= 11 is 0. The summed E-state index contributed by atoms with van der Waals surface area (Å²) in [4.78, 5) is 8.41. The van der Waals surface area contributed by atoms with Gasteiger partial charge in [0, 0.05) is 17.9 Å². The van der Waals surface area contributed by atoms with Crippen LogP contribution < -0.4 is 17.2 Å². The second kappa shape index (κ2) is 4.97. The zero-order chi connectivity index (χ0) is 14.1. The highest BCUT2D eigenvalue weighted by atomic mass is 16.5. The molecule has 0 aliphatic carbocycles. The zero-order valence-corrected chi connectivity index (χ0v) is 11.0. The summed E-state index contributed by atoms with van der Waals surface area (Å²) in [5.41, 5.74) is 20.6. The quantitative estimate of drug-likeness (QED) is 0.717. The molecule has 1 fully saturated rings. The average Bonchev–Trinajstić information content (AvgIpc) is 2.93. The van der Waals surface area contributed by atoms with Gasteiger partial charge in [0.05, 0.1) is 5.69 Å². The number of nitrogens with two attached hydrogens (primary N) is 3. The number of hydrogen-bond acceptors (Lipinski definition) is 6. The minimum atomic E-state index is -0.0739. The van der Waals surface area contributed by atoms with Crippen molar-refractivity contribution in [3.05, 3.63) is 30.0 Å². The molecule has 1 aromatic carbocycles. The van der Waals surface area contributed by atoms with Crippen LogP contribution >= 0.6 is 0 Å². The normalized spacial score (nSPS) is 18.3. The van der Waals surface area contributed by atoms with Gasteiger partial charge < -0.3 is 21.9 Å². The lowest BCUT2D eigenvalue weighted by Gasteiger charge is -2.16. The Balaban J connectivity index is 2.14. The fourth-order valence-corrected chi connectivity index (χ4v) is 2.49. The molecule has 0 amide bonds. The molecular formula is C14H17N5O. The summed E-state index contributed by atoms with van der Waals surface area (Å²) in [6.45, 7) is 0.732. The molecule has 0 spiro atoms. The minimum Gasteiger partial charge on any atom is -0.399 e. The molecule has 1 atom stereocenters. The molecule has 1 aromatic heterocycles. The fraction of sp³-hybridized carbons (Fsp3) is 0.286. The smallest absolute Gasteiger partial charge is 0.222 e. The third kappa shape index (κ3) is 2.25. The van der Waals surface area contributed by atoms with E-state index in [1.807, 2.05) is 24.3 Å². The van der Waals surface area contributed by atoms with Crippen LogP contribution in [0.1, 0.15) is 24.6 Å². The monoisotopic (exact) mass is 271 g/mol. The second-order valence-electron chi connectivity index (χ2n) is 4.85. The van der Waals surface area contributed by atoms with Gasteiger partial charge in [-0.1, -0.05) is 12.1 Å². The summed E-state index contributed by atoms with van der Waals surface area (Å²) in [6.07, 6.45) is 1.85. The van der Waals surface area contributed by atoms with Crippen molar-refractivity contribution in [2.75, 3.05) is 23.8 Å². The molecule has 0 bridgehead atoms. The number of nitrogens with zero attached hydrogens (tertiary/aromatic N) is 2. The molecule has 0 radical (unpaired) electrons. The van der Waals surface area contributed by atoms with Crippen molar-refractivity contribution in [3.8, 4) is 11.1 Å². The largest absolute Gasteiger partial charge is 0.399 e. The average molecular weight is 271 g/mol. The lowest BCUT2D eigenvalue weighted by molar-refractivity contribution is 0.109. The first kappa shape index (κ1) is 12.7. The van der Waals surface area contributed by atoms with Crippen LogP contribution in [0.4, 0.5) is 17.5 Å². The van der Waals surface area contributed by atoms with Gasteiger partial charge >= 0.3 is 0 Å². The van der Waals surface area contributed by atoms with Crippen LogP contribution in [0.3, 0.4) is 0 Å². The van der Waals surface area contributed by atoms with Crippen molar-refractivity contribution in [2.45, 2.75) is 18.9 Å². The number of hydrogen-bond donors (Lipinski definition) is 3. The molecular weight excluding hydrogens is 254 g/mol. The maximum atomic E-state index is 6.04. The van der Waals surface area contributed by atoms with E-state index >= 15 is 0 Å². The van der Waals surface area contributed by atoms with Crippen molar-refractivity contribution in [3.63, 3.8) is 0 Å². The van der Waals surface area contributed by atoms with E-state index in [1.54, 1.807) is 0 Å². The van der Waals surface area contributed by atoms with E-state index in [1.165, 1.54) is 0 Å². The first-order chi connectivity index (χ1) is 9.65. The molecule has 0 saturated carbocycles. The predicted octanol–water partition coefficient (Wildman–Crippen LogP) is 1.74. The Morgan fingerprint density at radius 3 is 2.45 bits per heavy atom. The number of ether oxygens (including phenoxy) is 1. The Morgan fingerprint density at radius 1 is 1.05 bits per heavy atom. The van der Waals surface area contributed by atoms with Crippen molar-refractivity contribution in [1.82, 2.24) is 9.97 Å². The fourth-order valence-electron chi connectivity index (χ4n) is 2.49. The van der Waals surface area contributed by atoms with Crippen LogP contribution in [0.15, 0.2) is 24.3 Å². The van der Waals surface area contributed by atoms with E-state index in [2.05, 4.69) is 9.97 Å². The molecule has 6 nitrogen and oxygen atoms in total. The van der Waals surface area contributed by atoms with E-state index in [0.717, 1.165) is 36.3 Å². The molecule has 6 N–H and O–H groups in total. The number of anilines is 3. The van der Waals surface area contributed by atoms with E-state index in [4.69, 9.17) is 21.9 Å². The highest BCUT2D eigenvalue weighted by molar-refractivity contribution is 5.77. The van der Waals surface area contributed by atoms with E-state index in [9.17, 15) is 0 Å². The van der Waals surface area contributed by atoms with Crippen LogP contribution in [0, 0.1) is 0 Å². The predicted molar refractivity (Wildman–Crippen MR) is 78.6 cm³/mol. The van der Waals surface area contributed by atoms with Gasteiger partial charge in [-0.15, -0.1) is 0 Å². The third-order valence-corrected chi connectivity index (χ3v) is 3.42. The molecule has 3 rings (SSSR count). The Labute approximate surface area is 117 Å². The maximum absolute atomic E-state index is 6.04. The molecule has 1 unspecified atom stereocenters. The highest BCUT2D eigenvalue weighted by Crippen LogP contribution is 2.37. The Morgan fingerprint density at radius 2 is 1.80 bits per heavy atom. The van der Waals surface area contributed by atoms with E-state index in [0.29, 0.717) is 11.5 Å². The molecule has 1 aliphatic heterocycles. The number of nitrogen functional groups attached to an aromatic ring is 3. The highest BCUT2D eigenvalue weighted by Gasteiger charge is 2.25. The summed E-state index contributed by atoms with van der Waals surface area (Å²) in [6, 6.07) is 7.45. The van der Waals surface area contributed by atoms with Crippen LogP contribution in [0.25, 0.3) is 11.1 Å². The van der Waals surface area contributed by atoms with E-state index < -0.39 is 0 Å². The van der Waals surface area contributed by atoms with Gasteiger partial charge in [0.2, 0.25) is 5.95 Å². The first-order valence-electron chi connectivity index (χ1n) is 6.55. The van der Waals surface area contributed by atoms with E-state index in [-0.39, 0.29) is 12.1 Å². The standard InChI is InChI=1S/C14H17N5O/c15-9-5-3-8(4-6-9)11-12(10-2-1-7-20-10)18-14(17)19-13(11)16/h3-6,10H,1-2,7,15H2,(H4,16,17,18,19). The van der Waals surface area contributed by atoms with Crippen LogP contribution in [0.5, 0.6) is 0 Å². The minimum absolute atomic E-state index is 0.0739.